The molecule has 2 aromatic carbocycles. The molecule has 2 aromatic rings. The Morgan fingerprint density at radius 2 is 1.82 bits per heavy atom. The summed E-state index contributed by atoms with van der Waals surface area (Å²) in [6.07, 6.45) is 2.47. The van der Waals surface area contributed by atoms with E-state index in [1.165, 1.54) is 16.4 Å². The van der Waals surface area contributed by atoms with E-state index in [2.05, 4.69) is 29.4 Å². The fourth-order valence-electron chi connectivity index (χ4n) is 5.50. The monoisotopic (exact) mass is 568 g/mol. The number of rotatable bonds is 9. The van der Waals surface area contributed by atoms with Crippen LogP contribution in [0.2, 0.25) is 5.02 Å². The molecule has 3 N–H and O–H groups in total. The molecule has 0 radical (unpaired) electrons. The molecule has 2 aliphatic rings. The van der Waals surface area contributed by atoms with E-state index in [-0.39, 0.29) is 65.5 Å². The van der Waals surface area contributed by atoms with Crippen LogP contribution in [0.25, 0.3) is 0 Å². The van der Waals surface area contributed by atoms with Crippen molar-refractivity contribution < 1.29 is 18.3 Å². The summed E-state index contributed by atoms with van der Waals surface area (Å²) in [5.41, 5.74) is -1.38. The van der Waals surface area contributed by atoms with E-state index in [1.54, 1.807) is 0 Å². The maximum Gasteiger partial charge on any atom is 0.253 e. The normalized spacial score (nSPS) is 24.2. The summed E-state index contributed by atoms with van der Waals surface area (Å²) < 4.78 is 34.4. The quantitative estimate of drug-likeness (QED) is 0.308. The number of aromatic hydroxyl groups is 1. The number of nitrogens with one attached hydrogen (secondary N) is 2. The van der Waals surface area contributed by atoms with Crippen LogP contribution >= 0.6 is 11.6 Å². The zero-order valence-electron chi connectivity index (χ0n) is 22.5. The lowest BCUT2D eigenvalue weighted by Gasteiger charge is -2.41. The third kappa shape index (κ3) is 5.31. The summed E-state index contributed by atoms with van der Waals surface area (Å²) >= 11 is 6.29. The Hall–Kier alpha value is -2.18. The molecule has 210 valence electrons. The maximum atomic E-state index is 13.6. The van der Waals surface area contributed by atoms with Crippen molar-refractivity contribution in [2.24, 2.45) is 0 Å². The topological polar surface area (TPSA) is 128 Å². The molecule has 0 aliphatic carbocycles. The second kappa shape index (κ2) is 11.1. The first-order valence-electron chi connectivity index (χ1n) is 13.2. The number of nitrogens with zero attached hydrogens (tertiary/aromatic N) is 2. The molecule has 10 nitrogen and oxygen atoms in total. The minimum atomic E-state index is -4.14. The van der Waals surface area contributed by atoms with Gasteiger partial charge in [-0.05, 0) is 59.1 Å². The highest BCUT2D eigenvalue weighted by Gasteiger charge is 2.37. The Balaban J connectivity index is 1.60. The smallest absolute Gasteiger partial charge is 0.253 e. The summed E-state index contributed by atoms with van der Waals surface area (Å²) in [5, 5.41) is 16.9. The van der Waals surface area contributed by atoms with Gasteiger partial charge < -0.3 is 20.5 Å². The molecule has 0 spiro atoms. The first-order valence-corrected chi connectivity index (χ1v) is 15.0. The number of benzene rings is 1. The first kappa shape index (κ1) is 28.8. The number of hydrogen-bond acceptors (Lipinski definition) is 9. The third-order valence-corrected chi connectivity index (χ3v) is 10.0. The van der Waals surface area contributed by atoms with Crippen molar-refractivity contribution in [3.63, 3.8) is 0 Å². The van der Waals surface area contributed by atoms with Crippen molar-refractivity contribution >= 4 is 38.7 Å². The fourth-order valence-corrected chi connectivity index (χ4v) is 7.61. The van der Waals surface area contributed by atoms with Crippen LogP contribution in [0, 0.1) is 0 Å². The Bertz CT molecular complexity index is 1360. The van der Waals surface area contributed by atoms with Crippen molar-refractivity contribution in [2.75, 3.05) is 30.3 Å². The Morgan fingerprint density at radius 3 is 2.39 bits per heavy atom. The zero-order valence-corrected chi connectivity index (χ0v) is 24.0. The van der Waals surface area contributed by atoms with Crippen LogP contribution in [0.15, 0.2) is 26.6 Å². The lowest BCUT2D eigenvalue weighted by atomic mass is 10.0. The fraction of sp³-hybridized carbons (Fsp3) is 0.615. The van der Waals surface area contributed by atoms with Gasteiger partial charge in [-0.3, -0.25) is 14.5 Å². The van der Waals surface area contributed by atoms with Crippen LogP contribution in [0.1, 0.15) is 53.9 Å². The Labute approximate surface area is 228 Å². The van der Waals surface area contributed by atoms with Gasteiger partial charge in [0.15, 0.2) is 5.75 Å². The minimum Gasteiger partial charge on any atom is -0.504 e. The number of phenolic OH excluding ortho intramolecular Hbond substituents is 1. The lowest BCUT2D eigenvalue weighted by Crippen LogP contribution is -2.55. The largest absolute Gasteiger partial charge is 0.504 e. The Kier molecular flexibility index (Phi) is 8.44. The minimum absolute atomic E-state index is 0.0171. The molecule has 2 aliphatic heterocycles. The van der Waals surface area contributed by atoms with Crippen LogP contribution in [-0.2, 0) is 14.8 Å². The van der Waals surface area contributed by atoms with Gasteiger partial charge in [0.1, 0.15) is 16.3 Å². The number of piperazine rings is 1. The van der Waals surface area contributed by atoms with Crippen LogP contribution in [-0.4, -0.2) is 72.7 Å². The number of ether oxygens (including phenoxy) is 1. The van der Waals surface area contributed by atoms with Crippen LogP contribution < -0.4 is 21.5 Å². The second-order valence-electron chi connectivity index (χ2n) is 10.6. The SMILES string of the molecule is CC[C@@H](Nc1c(Nc2ccc(Cl)c(S(=O)(=O)N3CCN(C(C)C)C(C)C3)c2O)c(=O)c1=O)[C@H]1CC[C@@H](C)O1. The number of anilines is 3. The number of halogens is 1. The van der Waals surface area contributed by atoms with E-state index in [1.807, 2.05) is 20.8 Å². The molecule has 0 saturated carbocycles. The van der Waals surface area contributed by atoms with E-state index < -0.39 is 31.5 Å². The van der Waals surface area contributed by atoms with E-state index in [0.29, 0.717) is 13.0 Å². The van der Waals surface area contributed by atoms with Gasteiger partial charge in [-0.1, -0.05) is 18.5 Å². The molecule has 0 amide bonds. The van der Waals surface area contributed by atoms with Gasteiger partial charge in [0.25, 0.3) is 10.9 Å². The molecular formula is C26H37ClN4O6S. The van der Waals surface area contributed by atoms with Gasteiger partial charge in [-0.25, -0.2) is 8.42 Å². The van der Waals surface area contributed by atoms with Crippen molar-refractivity contribution in [3.05, 3.63) is 37.6 Å². The highest BCUT2D eigenvalue weighted by atomic mass is 35.5. The van der Waals surface area contributed by atoms with Gasteiger partial charge in [-0.2, -0.15) is 4.31 Å². The third-order valence-electron chi connectivity index (χ3n) is 7.64. The zero-order chi connectivity index (χ0) is 27.9. The number of hydrogen-bond donors (Lipinski definition) is 3. The highest BCUT2D eigenvalue weighted by Crippen LogP contribution is 2.40. The summed E-state index contributed by atoms with van der Waals surface area (Å²) in [5.74, 6) is -0.601. The first-order chi connectivity index (χ1) is 17.9. The van der Waals surface area contributed by atoms with Crippen molar-refractivity contribution in [2.45, 2.75) is 89.1 Å². The molecule has 12 heteroatoms. The lowest BCUT2D eigenvalue weighted by molar-refractivity contribution is 0.0438. The van der Waals surface area contributed by atoms with Gasteiger partial charge >= 0.3 is 0 Å². The van der Waals surface area contributed by atoms with Gasteiger partial charge in [-0.15, -0.1) is 0 Å². The van der Waals surface area contributed by atoms with E-state index in [0.717, 1.165) is 12.8 Å². The molecule has 2 fully saturated rings. The van der Waals surface area contributed by atoms with E-state index >= 15 is 0 Å². The van der Waals surface area contributed by atoms with Crippen LogP contribution in [0.4, 0.5) is 17.1 Å². The summed E-state index contributed by atoms with van der Waals surface area (Å²) in [7, 11) is -4.14. The standard InChI is InChI=1S/C26H37ClN4O6S/c1-6-18(20-10-7-16(5)37-20)28-21-22(25(34)24(21)33)29-19-9-8-17(27)26(23(19)32)38(35,36)30-11-12-31(14(2)3)15(4)13-30/h8-9,14-16,18,20,28-29,32H,6-7,10-13H2,1-5H3/t15?,16-,18-,20-/m1/s1. The molecule has 2 heterocycles. The average molecular weight is 569 g/mol. The van der Waals surface area contributed by atoms with Crippen molar-refractivity contribution in [1.29, 1.82) is 0 Å². The van der Waals surface area contributed by atoms with Gasteiger partial charge in [0.05, 0.1) is 29.0 Å². The van der Waals surface area contributed by atoms with E-state index in [4.69, 9.17) is 16.3 Å². The molecular weight excluding hydrogens is 532 g/mol. The van der Waals surface area contributed by atoms with E-state index in [9.17, 15) is 23.1 Å². The molecule has 0 bridgehead atoms. The summed E-state index contributed by atoms with van der Waals surface area (Å²) in [6, 6.07) is 2.82. The Morgan fingerprint density at radius 1 is 1.13 bits per heavy atom. The molecule has 2 saturated heterocycles. The molecule has 38 heavy (non-hydrogen) atoms. The van der Waals surface area contributed by atoms with Crippen molar-refractivity contribution in [3.8, 4) is 5.75 Å². The second-order valence-corrected chi connectivity index (χ2v) is 12.9. The predicted molar refractivity (Wildman–Crippen MR) is 149 cm³/mol. The highest BCUT2D eigenvalue weighted by molar-refractivity contribution is 7.89. The van der Waals surface area contributed by atoms with Crippen LogP contribution in [0.3, 0.4) is 0 Å². The summed E-state index contributed by atoms with van der Waals surface area (Å²) in [6.45, 7) is 11.1. The molecule has 4 atom stereocenters. The van der Waals surface area contributed by atoms with Crippen LogP contribution in [0.5, 0.6) is 5.75 Å². The predicted octanol–water partition coefficient (Wildman–Crippen LogP) is 3.25. The van der Waals surface area contributed by atoms with Gasteiger partial charge in [0.2, 0.25) is 10.0 Å². The molecule has 1 unspecified atom stereocenters. The number of phenols is 1. The van der Waals surface area contributed by atoms with Gasteiger partial charge in [0, 0.05) is 31.7 Å². The molecule has 4 rings (SSSR count). The summed E-state index contributed by atoms with van der Waals surface area (Å²) in [4.78, 5) is 26.7. The maximum absolute atomic E-state index is 13.6. The number of sulfonamides is 1. The van der Waals surface area contributed by atoms with Crippen molar-refractivity contribution in [1.82, 2.24) is 9.21 Å². The molecule has 0 aromatic heterocycles. The average Bonchev–Trinajstić information content (AvgIpc) is 3.30.